The molecular formula is C52H35NO. The van der Waals surface area contributed by atoms with Crippen LogP contribution in [0, 0.1) is 0 Å². The summed E-state index contributed by atoms with van der Waals surface area (Å²) >= 11 is 0. The molecule has 0 aliphatic rings. The van der Waals surface area contributed by atoms with Crippen molar-refractivity contribution in [3.8, 4) is 44.5 Å². The van der Waals surface area contributed by atoms with E-state index in [1.165, 1.54) is 55.3 Å². The van der Waals surface area contributed by atoms with Gasteiger partial charge in [-0.3, -0.25) is 0 Å². The van der Waals surface area contributed by atoms with Crippen LogP contribution < -0.4 is 4.90 Å². The molecule has 1 aromatic heterocycles. The first kappa shape index (κ1) is 31.6. The molecule has 0 radical (unpaired) electrons. The van der Waals surface area contributed by atoms with Gasteiger partial charge in [0.15, 0.2) is 0 Å². The van der Waals surface area contributed by atoms with Gasteiger partial charge in [0.1, 0.15) is 11.2 Å². The molecule has 0 spiro atoms. The second kappa shape index (κ2) is 13.4. The Labute approximate surface area is 314 Å². The zero-order valence-corrected chi connectivity index (χ0v) is 29.6. The van der Waals surface area contributed by atoms with E-state index in [9.17, 15) is 0 Å². The summed E-state index contributed by atoms with van der Waals surface area (Å²) in [5.41, 5.74) is 14.5. The lowest BCUT2D eigenvalue weighted by molar-refractivity contribution is 0.669. The molecule has 10 aromatic rings. The maximum Gasteiger partial charge on any atom is 0.137 e. The first-order valence-electron chi connectivity index (χ1n) is 18.4. The molecule has 9 aromatic carbocycles. The van der Waals surface area contributed by atoms with Crippen molar-refractivity contribution in [2.24, 2.45) is 0 Å². The molecule has 2 heteroatoms. The summed E-state index contributed by atoms with van der Waals surface area (Å²) < 4.78 is 6.64. The lowest BCUT2D eigenvalue weighted by Gasteiger charge is -2.27. The molecule has 0 aliphatic carbocycles. The third-order valence-electron chi connectivity index (χ3n) is 10.5. The average molecular weight is 690 g/mol. The predicted molar refractivity (Wildman–Crippen MR) is 228 cm³/mol. The highest BCUT2D eigenvalue weighted by Crippen LogP contribution is 2.46. The number of hydrogen-bond donors (Lipinski definition) is 0. The van der Waals surface area contributed by atoms with Gasteiger partial charge in [-0.1, -0.05) is 170 Å². The Morgan fingerprint density at radius 3 is 1.26 bits per heavy atom. The Bertz CT molecular complexity index is 2880. The third-order valence-corrected chi connectivity index (χ3v) is 10.5. The fourth-order valence-electron chi connectivity index (χ4n) is 7.86. The number of benzene rings is 9. The Hall–Kier alpha value is -7.16. The third kappa shape index (κ3) is 5.62. The van der Waals surface area contributed by atoms with E-state index in [0.717, 1.165) is 39.0 Å². The molecule has 10 rings (SSSR count). The van der Waals surface area contributed by atoms with Gasteiger partial charge in [-0.25, -0.2) is 0 Å². The van der Waals surface area contributed by atoms with Crippen LogP contribution in [0.3, 0.4) is 0 Å². The van der Waals surface area contributed by atoms with E-state index in [1.807, 2.05) is 0 Å². The van der Waals surface area contributed by atoms with Crippen molar-refractivity contribution >= 4 is 49.8 Å². The normalized spacial score (nSPS) is 11.3. The zero-order chi connectivity index (χ0) is 35.8. The summed E-state index contributed by atoms with van der Waals surface area (Å²) in [6.07, 6.45) is 0. The second-order valence-corrected chi connectivity index (χ2v) is 13.7. The van der Waals surface area contributed by atoms with Gasteiger partial charge in [0.05, 0.1) is 11.1 Å². The van der Waals surface area contributed by atoms with Gasteiger partial charge in [-0.15, -0.1) is 0 Å². The minimum absolute atomic E-state index is 0.862. The van der Waals surface area contributed by atoms with Gasteiger partial charge in [-0.2, -0.15) is 0 Å². The van der Waals surface area contributed by atoms with Gasteiger partial charge >= 0.3 is 0 Å². The van der Waals surface area contributed by atoms with Crippen LogP contribution in [0.4, 0.5) is 17.1 Å². The van der Waals surface area contributed by atoms with Crippen LogP contribution in [-0.2, 0) is 0 Å². The SMILES string of the molecule is c1ccc(-c2ccc(-c3ccc(N(c4ccc(-c5ccccc5)cc4)c4cccc5oc6ccc7c(-c8ccccc8)cccc7c6c45)cc3)cc2)cc1. The monoisotopic (exact) mass is 689 g/mol. The van der Waals surface area contributed by atoms with Crippen LogP contribution in [-0.4, -0.2) is 0 Å². The topological polar surface area (TPSA) is 16.4 Å². The van der Waals surface area contributed by atoms with Gasteiger partial charge in [0.2, 0.25) is 0 Å². The smallest absolute Gasteiger partial charge is 0.137 e. The van der Waals surface area contributed by atoms with Crippen LogP contribution >= 0.6 is 0 Å². The molecule has 0 amide bonds. The molecule has 54 heavy (non-hydrogen) atoms. The minimum Gasteiger partial charge on any atom is -0.456 e. The molecule has 0 bridgehead atoms. The molecule has 0 saturated heterocycles. The van der Waals surface area contributed by atoms with Gasteiger partial charge in [0, 0.05) is 16.8 Å². The summed E-state index contributed by atoms with van der Waals surface area (Å²) in [5, 5.41) is 4.59. The molecule has 254 valence electrons. The van der Waals surface area contributed by atoms with Crippen molar-refractivity contribution in [2.45, 2.75) is 0 Å². The number of anilines is 3. The average Bonchev–Trinajstić information content (AvgIpc) is 3.65. The van der Waals surface area contributed by atoms with Crippen molar-refractivity contribution < 1.29 is 4.42 Å². The Morgan fingerprint density at radius 1 is 0.278 bits per heavy atom. The maximum absolute atomic E-state index is 6.64. The summed E-state index contributed by atoms with van der Waals surface area (Å²) in [6.45, 7) is 0. The van der Waals surface area contributed by atoms with E-state index in [4.69, 9.17) is 4.42 Å². The van der Waals surface area contributed by atoms with Gasteiger partial charge in [-0.05, 0) is 97.7 Å². The van der Waals surface area contributed by atoms with E-state index in [-0.39, 0.29) is 0 Å². The molecule has 0 N–H and O–H groups in total. The molecule has 0 atom stereocenters. The lowest BCUT2D eigenvalue weighted by atomic mass is 9.95. The Kier molecular flexibility index (Phi) is 7.85. The fraction of sp³-hybridized carbons (Fsp3) is 0. The van der Waals surface area contributed by atoms with Crippen LogP contribution in [0.5, 0.6) is 0 Å². The van der Waals surface area contributed by atoms with Crippen LogP contribution in [0.2, 0.25) is 0 Å². The summed E-state index contributed by atoms with van der Waals surface area (Å²) in [6, 6.07) is 75.7. The molecule has 0 unspecified atom stereocenters. The van der Waals surface area contributed by atoms with E-state index in [2.05, 4.69) is 217 Å². The van der Waals surface area contributed by atoms with Crippen molar-refractivity contribution in [1.82, 2.24) is 0 Å². The second-order valence-electron chi connectivity index (χ2n) is 13.7. The highest BCUT2D eigenvalue weighted by molar-refractivity contribution is 6.24. The molecule has 0 saturated carbocycles. The van der Waals surface area contributed by atoms with Gasteiger partial charge < -0.3 is 9.32 Å². The van der Waals surface area contributed by atoms with Crippen molar-refractivity contribution in [3.63, 3.8) is 0 Å². The zero-order valence-electron chi connectivity index (χ0n) is 29.6. The van der Waals surface area contributed by atoms with Gasteiger partial charge in [0.25, 0.3) is 0 Å². The summed E-state index contributed by atoms with van der Waals surface area (Å²) in [5.74, 6) is 0. The quantitative estimate of drug-likeness (QED) is 0.166. The molecule has 0 fully saturated rings. The predicted octanol–water partition coefficient (Wildman–Crippen LogP) is 14.9. The summed E-state index contributed by atoms with van der Waals surface area (Å²) in [7, 11) is 0. The minimum atomic E-state index is 0.862. The van der Waals surface area contributed by atoms with Crippen LogP contribution in [0.1, 0.15) is 0 Å². The van der Waals surface area contributed by atoms with E-state index >= 15 is 0 Å². The number of fused-ring (bicyclic) bond motifs is 5. The lowest BCUT2D eigenvalue weighted by Crippen LogP contribution is -2.10. The molecule has 1 heterocycles. The summed E-state index contributed by atoms with van der Waals surface area (Å²) in [4.78, 5) is 2.37. The number of furan rings is 1. The van der Waals surface area contributed by atoms with Crippen molar-refractivity contribution in [1.29, 1.82) is 0 Å². The first-order valence-corrected chi connectivity index (χ1v) is 18.4. The molecular weight excluding hydrogens is 655 g/mol. The molecule has 2 nitrogen and oxygen atoms in total. The number of nitrogens with zero attached hydrogens (tertiary/aromatic N) is 1. The highest BCUT2D eigenvalue weighted by Gasteiger charge is 2.21. The Morgan fingerprint density at radius 2 is 0.722 bits per heavy atom. The Balaban J connectivity index is 1.13. The standard InChI is InChI=1S/C52H35NO/c1-4-12-36(13-5-1)38-22-24-39(25-23-38)41-28-32-44(33-29-41)53(43-30-26-40(27-31-43)37-14-6-2-7-15-37)48-20-11-21-49-52(48)51-47-19-10-18-45(42-16-8-3-9-17-42)46(47)34-35-50(51)54-49/h1-35H. The van der Waals surface area contributed by atoms with Crippen LogP contribution in [0.25, 0.3) is 77.2 Å². The van der Waals surface area contributed by atoms with Crippen molar-refractivity contribution in [3.05, 3.63) is 212 Å². The van der Waals surface area contributed by atoms with Crippen molar-refractivity contribution in [2.75, 3.05) is 4.90 Å². The number of hydrogen-bond acceptors (Lipinski definition) is 2. The van der Waals surface area contributed by atoms with E-state index < -0.39 is 0 Å². The fourth-order valence-corrected chi connectivity index (χ4v) is 7.86. The highest BCUT2D eigenvalue weighted by atomic mass is 16.3. The van der Waals surface area contributed by atoms with Crippen LogP contribution in [0.15, 0.2) is 217 Å². The molecule has 0 aliphatic heterocycles. The van der Waals surface area contributed by atoms with E-state index in [1.54, 1.807) is 0 Å². The first-order chi connectivity index (χ1) is 26.8. The van der Waals surface area contributed by atoms with E-state index in [0.29, 0.717) is 0 Å². The largest absolute Gasteiger partial charge is 0.456 e. The number of rotatable bonds is 7. The maximum atomic E-state index is 6.64.